The van der Waals surface area contributed by atoms with Crippen LogP contribution in [0.15, 0.2) is 42.7 Å². The largest absolute Gasteiger partial charge is 0.341 e. The van der Waals surface area contributed by atoms with Gasteiger partial charge in [-0.15, -0.1) is 0 Å². The van der Waals surface area contributed by atoms with E-state index in [1.807, 2.05) is 6.07 Å². The number of sulfonamides is 1. The van der Waals surface area contributed by atoms with Gasteiger partial charge in [0.05, 0.1) is 24.2 Å². The number of carbonyl (C=O) groups is 1. The van der Waals surface area contributed by atoms with Gasteiger partial charge in [-0.25, -0.2) is 13.1 Å². The van der Waals surface area contributed by atoms with Gasteiger partial charge >= 0.3 is 0 Å². The van der Waals surface area contributed by atoms with Crippen molar-refractivity contribution in [1.29, 1.82) is 0 Å². The van der Waals surface area contributed by atoms with E-state index in [0.29, 0.717) is 25.2 Å². The summed E-state index contributed by atoms with van der Waals surface area (Å²) in [5.41, 5.74) is 1.35. The lowest BCUT2D eigenvalue weighted by molar-refractivity contribution is -0.127. The SMILES string of the molecule is CS(=O)(=O)N(CCN1CCCC1=O)c1cccc(-n2cccn2)c1. The molecule has 7 nitrogen and oxygen atoms in total. The number of nitrogens with zero attached hydrogens (tertiary/aromatic N) is 4. The first-order chi connectivity index (χ1) is 11.4. The molecule has 8 heteroatoms. The molecule has 0 saturated carbocycles. The quantitative estimate of drug-likeness (QED) is 0.788. The molecule has 2 heterocycles. The first-order valence-electron chi connectivity index (χ1n) is 7.81. The van der Waals surface area contributed by atoms with Crippen LogP contribution in [-0.2, 0) is 14.8 Å². The van der Waals surface area contributed by atoms with Gasteiger partial charge in [-0.1, -0.05) is 6.07 Å². The molecule has 1 amide bonds. The van der Waals surface area contributed by atoms with Crippen LogP contribution in [0, 0.1) is 0 Å². The van der Waals surface area contributed by atoms with E-state index in [0.717, 1.165) is 12.1 Å². The number of benzene rings is 1. The summed E-state index contributed by atoms with van der Waals surface area (Å²) in [6, 6.07) is 8.99. The highest BCUT2D eigenvalue weighted by atomic mass is 32.2. The van der Waals surface area contributed by atoms with Gasteiger partial charge in [0, 0.05) is 31.9 Å². The minimum absolute atomic E-state index is 0.0914. The Balaban J connectivity index is 1.84. The Labute approximate surface area is 141 Å². The van der Waals surface area contributed by atoms with Crippen molar-refractivity contribution >= 4 is 21.6 Å². The molecule has 0 radical (unpaired) electrons. The Morgan fingerprint density at radius 1 is 1.29 bits per heavy atom. The van der Waals surface area contributed by atoms with Crippen molar-refractivity contribution in [3.63, 3.8) is 0 Å². The van der Waals surface area contributed by atoms with Gasteiger partial charge < -0.3 is 4.90 Å². The van der Waals surface area contributed by atoms with Crippen molar-refractivity contribution < 1.29 is 13.2 Å². The van der Waals surface area contributed by atoms with Gasteiger partial charge in [0.1, 0.15) is 0 Å². The second-order valence-electron chi connectivity index (χ2n) is 5.79. The Hall–Kier alpha value is -2.35. The number of anilines is 1. The molecule has 0 bridgehead atoms. The molecule has 1 aliphatic heterocycles. The summed E-state index contributed by atoms with van der Waals surface area (Å²) in [6.07, 6.45) is 6.03. The first kappa shape index (κ1) is 16.5. The molecule has 1 saturated heterocycles. The summed E-state index contributed by atoms with van der Waals surface area (Å²) in [7, 11) is -3.45. The highest BCUT2D eigenvalue weighted by Crippen LogP contribution is 2.21. The molecule has 0 aliphatic carbocycles. The van der Waals surface area contributed by atoms with Gasteiger partial charge in [0.25, 0.3) is 0 Å². The van der Waals surface area contributed by atoms with E-state index in [1.54, 1.807) is 46.2 Å². The minimum Gasteiger partial charge on any atom is -0.341 e. The zero-order valence-electron chi connectivity index (χ0n) is 13.5. The summed E-state index contributed by atoms with van der Waals surface area (Å²) < 4.78 is 27.4. The second-order valence-corrected chi connectivity index (χ2v) is 7.70. The van der Waals surface area contributed by atoms with E-state index in [9.17, 15) is 13.2 Å². The van der Waals surface area contributed by atoms with Crippen LogP contribution in [0.5, 0.6) is 0 Å². The second kappa shape index (κ2) is 6.64. The Morgan fingerprint density at radius 3 is 2.75 bits per heavy atom. The summed E-state index contributed by atoms with van der Waals surface area (Å²) in [5, 5.41) is 4.16. The topological polar surface area (TPSA) is 75.5 Å². The summed E-state index contributed by atoms with van der Waals surface area (Å²) in [4.78, 5) is 13.4. The third kappa shape index (κ3) is 3.59. The highest BCUT2D eigenvalue weighted by molar-refractivity contribution is 7.92. The molecule has 2 aromatic rings. The van der Waals surface area contributed by atoms with Crippen LogP contribution < -0.4 is 4.31 Å². The van der Waals surface area contributed by atoms with Crippen LogP contribution in [0.3, 0.4) is 0 Å². The Bertz CT molecular complexity index is 818. The van der Waals surface area contributed by atoms with E-state index in [2.05, 4.69) is 5.10 Å². The maximum atomic E-state index is 12.2. The number of hydrogen-bond donors (Lipinski definition) is 0. The number of carbonyl (C=O) groups excluding carboxylic acids is 1. The fourth-order valence-electron chi connectivity index (χ4n) is 2.85. The maximum Gasteiger partial charge on any atom is 0.232 e. The van der Waals surface area contributed by atoms with Gasteiger partial charge in [-0.2, -0.15) is 5.10 Å². The average molecular weight is 348 g/mol. The van der Waals surface area contributed by atoms with Crippen LogP contribution >= 0.6 is 0 Å². The molecule has 0 spiro atoms. The van der Waals surface area contributed by atoms with Crippen LogP contribution in [0.4, 0.5) is 5.69 Å². The summed E-state index contributed by atoms with van der Waals surface area (Å²) in [5.74, 6) is 0.0914. The lowest BCUT2D eigenvalue weighted by Gasteiger charge is -2.25. The molecule has 1 aliphatic rings. The maximum absolute atomic E-state index is 12.2. The molecule has 1 fully saturated rings. The molecule has 1 aromatic heterocycles. The predicted octanol–water partition coefficient (Wildman–Crippen LogP) is 1.26. The molecule has 1 aromatic carbocycles. The molecular weight excluding hydrogens is 328 g/mol. The van der Waals surface area contributed by atoms with Crippen molar-refractivity contribution in [1.82, 2.24) is 14.7 Å². The van der Waals surface area contributed by atoms with Gasteiger partial charge in [0.2, 0.25) is 15.9 Å². The molecule has 0 unspecified atom stereocenters. The van der Waals surface area contributed by atoms with Crippen molar-refractivity contribution in [2.45, 2.75) is 12.8 Å². The van der Waals surface area contributed by atoms with Crippen molar-refractivity contribution in [2.75, 3.05) is 30.2 Å². The first-order valence-corrected chi connectivity index (χ1v) is 9.65. The number of amides is 1. The summed E-state index contributed by atoms with van der Waals surface area (Å²) >= 11 is 0. The molecule has 0 atom stereocenters. The lowest BCUT2D eigenvalue weighted by Crippen LogP contribution is -2.38. The molecular formula is C16H20N4O3S. The van der Waals surface area contributed by atoms with Gasteiger partial charge in [0.15, 0.2) is 0 Å². The summed E-state index contributed by atoms with van der Waals surface area (Å²) in [6.45, 7) is 1.34. The van der Waals surface area contributed by atoms with E-state index < -0.39 is 10.0 Å². The van der Waals surface area contributed by atoms with Crippen molar-refractivity contribution in [3.05, 3.63) is 42.7 Å². The van der Waals surface area contributed by atoms with Crippen molar-refractivity contribution in [3.8, 4) is 5.69 Å². The molecule has 0 N–H and O–H groups in total. The third-order valence-electron chi connectivity index (χ3n) is 4.03. The normalized spacial score (nSPS) is 15.0. The van der Waals surface area contributed by atoms with Gasteiger partial charge in [-0.3, -0.25) is 9.10 Å². The van der Waals surface area contributed by atoms with Crippen LogP contribution in [0.25, 0.3) is 5.69 Å². The zero-order valence-corrected chi connectivity index (χ0v) is 14.3. The van der Waals surface area contributed by atoms with Gasteiger partial charge in [-0.05, 0) is 30.7 Å². The van der Waals surface area contributed by atoms with Crippen LogP contribution in [-0.4, -0.2) is 54.9 Å². The number of hydrogen-bond acceptors (Lipinski definition) is 4. The number of aromatic nitrogens is 2. The van der Waals surface area contributed by atoms with E-state index in [4.69, 9.17) is 0 Å². The third-order valence-corrected chi connectivity index (χ3v) is 5.23. The molecule has 3 rings (SSSR count). The van der Waals surface area contributed by atoms with E-state index >= 15 is 0 Å². The Kier molecular flexibility index (Phi) is 4.57. The predicted molar refractivity (Wildman–Crippen MR) is 91.6 cm³/mol. The van der Waals surface area contributed by atoms with E-state index in [1.165, 1.54) is 10.6 Å². The fourth-order valence-corrected chi connectivity index (χ4v) is 3.76. The van der Waals surface area contributed by atoms with E-state index in [-0.39, 0.29) is 12.5 Å². The smallest absolute Gasteiger partial charge is 0.232 e. The number of rotatable bonds is 6. The molecule has 128 valence electrons. The van der Waals surface area contributed by atoms with Crippen molar-refractivity contribution in [2.24, 2.45) is 0 Å². The van der Waals surface area contributed by atoms with Crippen LogP contribution in [0.1, 0.15) is 12.8 Å². The zero-order chi connectivity index (χ0) is 17.2. The Morgan fingerprint density at radius 2 is 2.12 bits per heavy atom. The number of likely N-dealkylation sites (tertiary alicyclic amines) is 1. The lowest BCUT2D eigenvalue weighted by atomic mass is 10.2. The highest BCUT2D eigenvalue weighted by Gasteiger charge is 2.23. The average Bonchev–Trinajstić information content (AvgIpc) is 3.19. The molecule has 24 heavy (non-hydrogen) atoms. The van der Waals surface area contributed by atoms with Crippen LogP contribution in [0.2, 0.25) is 0 Å². The standard InChI is InChI=1S/C16H20N4O3S/c1-24(22,23)20(12-11-18-9-3-7-16(18)21)15-6-2-5-14(13-15)19-10-4-8-17-19/h2,4-6,8,10,13H,3,7,9,11-12H2,1H3. The monoisotopic (exact) mass is 348 g/mol. The minimum atomic E-state index is -3.45. The fraction of sp³-hybridized carbons (Fsp3) is 0.375.